The summed E-state index contributed by atoms with van der Waals surface area (Å²) in [4.78, 5) is 8.35. The Balaban J connectivity index is 0.000000360. The van der Waals surface area contributed by atoms with Crippen LogP contribution in [0.25, 0.3) is 0 Å². The predicted octanol–water partition coefficient (Wildman–Crippen LogP) is 5.04. The molecule has 0 aliphatic heterocycles. The lowest BCUT2D eigenvalue weighted by Gasteiger charge is -2.03. The van der Waals surface area contributed by atoms with E-state index in [9.17, 15) is 17.9 Å². The standard InChI is InChI=1S/2C7H7F2N.CHNO/c2*1-6-4-2-3-5-7(6)10(8)9;2-1-3/h2*2-5H,1H3;2H. The van der Waals surface area contributed by atoms with Crippen LogP contribution < -0.4 is 10.7 Å². The number of para-hydroxylation sites is 2. The first-order chi connectivity index (χ1) is 10.8. The van der Waals surface area contributed by atoms with E-state index >= 15 is 0 Å². The van der Waals surface area contributed by atoms with Crippen LogP contribution in [-0.2, 0) is 4.79 Å². The summed E-state index contributed by atoms with van der Waals surface area (Å²) in [6.07, 6.45) is 0.750. The zero-order valence-corrected chi connectivity index (χ0v) is 12.4. The first-order valence-corrected chi connectivity index (χ1v) is 6.23. The van der Waals surface area contributed by atoms with E-state index in [2.05, 4.69) is 0 Å². The van der Waals surface area contributed by atoms with Crippen molar-refractivity contribution < 1.29 is 22.7 Å². The van der Waals surface area contributed by atoms with Crippen molar-refractivity contribution in [1.82, 2.24) is 0 Å². The fourth-order valence-corrected chi connectivity index (χ4v) is 1.51. The van der Waals surface area contributed by atoms with Crippen LogP contribution in [0.5, 0.6) is 0 Å². The monoisotopic (exact) mass is 329 g/mol. The summed E-state index contributed by atoms with van der Waals surface area (Å²) in [5.41, 5.74) is 1.07. The number of isocyanates is 1. The summed E-state index contributed by atoms with van der Waals surface area (Å²) in [6.45, 7) is 3.28. The number of hydrogen-bond acceptors (Lipinski definition) is 4. The van der Waals surface area contributed by atoms with Crippen molar-refractivity contribution in [3.63, 3.8) is 0 Å². The summed E-state index contributed by atoms with van der Waals surface area (Å²) < 4.78 is 47.4. The van der Waals surface area contributed by atoms with Crippen molar-refractivity contribution in [2.24, 2.45) is 0 Å². The van der Waals surface area contributed by atoms with Gasteiger partial charge in [-0.3, -0.25) is 0 Å². The molecular formula is C15H15F4N3O. The lowest BCUT2D eigenvalue weighted by atomic mass is 10.2. The van der Waals surface area contributed by atoms with Gasteiger partial charge < -0.3 is 0 Å². The Morgan fingerprint density at radius 1 is 0.783 bits per heavy atom. The van der Waals surface area contributed by atoms with Crippen LogP contribution in [0.1, 0.15) is 11.1 Å². The Labute approximate surface area is 130 Å². The first kappa shape index (κ1) is 20.1. The maximum absolute atomic E-state index is 11.9. The third-order valence-electron chi connectivity index (χ3n) is 2.60. The van der Waals surface area contributed by atoms with Crippen LogP contribution in [0.2, 0.25) is 0 Å². The van der Waals surface area contributed by atoms with Gasteiger partial charge >= 0.3 is 0 Å². The van der Waals surface area contributed by atoms with Gasteiger partial charge in [0.1, 0.15) is 11.4 Å². The zero-order valence-electron chi connectivity index (χ0n) is 12.4. The van der Waals surface area contributed by atoms with Crippen molar-refractivity contribution in [2.45, 2.75) is 13.8 Å². The molecule has 124 valence electrons. The highest BCUT2D eigenvalue weighted by molar-refractivity contribution is 5.49. The maximum atomic E-state index is 11.9. The van der Waals surface area contributed by atoms with Gasteiger partial charge in [0.15, 0.2) is 0 Å². The molecule has 0 spiro atoms. The molecular weight excluding hydrogens is 314 g/mol. The van der Waals surface area contributed by atoms with Crippen molar-refractivity contribution in [2.75, 3.05) is 10.7 Å². The summed E-state index contributed by atoms with van der Waals surface area (Å²) in [6, 6.07) is 12.6. The Kier molecular flexibility index (Phi) is 9.46. The number of halogens is 4. The minimum absolute atomic E-state index is 0.0394. The number of rotatable bonds is 2. The summed E-state index contributed by atoms with van der Waals surface area (Å²) in [5.74, 6) is 0. The molecule has 23 heavy (non-hydrogen) atoms. The average Bonchev–Trinajstić information content (AvgIpc) is 2.49. The van der Waals surface area contributed by atoms with E-state index in [1.807, 2.05) is 0 Å². The van der Waals surface area contributed by atoms with Crippen molar-refractivity contribution >= 4 is 17.5 Å². The highest BCUT2D eigenvalue weighted by Crippen LogP contribution is 2.20. The Hall–Kier alpha value is -2.86. The van der Waals surface area contributed by atoms with Crippen LogP contribution in [0.4, 0.5) is 29.3 Å². The molecule has 8 heteroatoms. The maximum Gasteiger partial charge on any atom is 0.231 e. The minimum Gasteiger partial charge on any atom is -0.222 e. The van der Waals surface area contributed by atoms with E-state index in [4.69, 9.17) is 10.2 Å². The molecule has 0 amide bonds. The molecule has 0 aliphatic carbocycles. The number of hydrogen-bond donors (Lipinski definition) is 1. The number of nitrogens with one attached hydrogen (secondary N) is 1. The molecule has 0 bridgehead atoms. The van der Waals surface area contributed by atoms with Gasteiger partial charge in [-0.15, -0.1) is 0 Å². The number of anilines is 2. The SMILES string of the molecule is Cc1ccccc1N(F)F.Cc1ccccc1N(F)F.N=C=O. The molecule has 2 aromatic rings. The molecule has 0 unspecified atom stereocenters. The molecule has 0 aliphatic rings. The predicted molar refractivity (Wildman–Crippen MR) is 80.2 cm³/mol. The molecule has 0 saturated carbocycles. The quantitative estimate of drug-likeness (QED) is 0.363. The second kappa shape index (κ2) is 10.8. The number of nitrogens with zero attached hydrogens (tertiary/aromatic N) is 2. The van der Waals surface area contributed by atoms with Gasteiger partial charge in [0.05, 0.1) is 0 Å². The molecule has 0 atom stereocenters. The van der Waals surface area contributed by atoms with Crippen LogP contribution >= 0.6 is 0 Å². The normalized spacial score (nSPS) is 8.61. The topological polar surface area (TPSA) is 47.4 Å². The lowest BCUT2D eigenvalue weighted by molar-refractivity contribution is 0.234. The molecule has 2 aromatic carbocycles. The molecule has 1 N–H and O–H groups in total. The van der Waals surface area contributed by atoms with E-state index in [-0.39, 0.29) is 11.4 Å². The third kappa shape index (κ3) is 7.63. The smallest absolute Gasteiger partial charge is 0.222 e. The Morgan fingerprint density at radius 2 is 1.04 bits per heavy atom. The highest BCUT2D eigenvalue weighted by Gasteiger charge is 2.04. The van der Waals surface area contributed by atoms with Gasteiger partial charge in [-0.2, -0.15) is 0 Å². The molecule has 0 heterocycles. The molecule has 0 fully saturated rings. The van der Waals surface area contributed by atoms with Crippen LogP contribution in [-0.4, -0.2) is 6.08 Å². The number of aryl methyl sites for hydroxylation is 2. The van der Waals surface area contributed by atoms with Crippen molar-refractivity contribution in [1.29, 1.82) is 5.41 Å². The van der Waals surface area contributed by atoms with Crippen LogP contribution in [0.3, 0.4) is 0 Å². The fourth-order valence-electron chi connectivity index (χ4n) is 1.51. The van der Waals surface area contributed by atoms with Gasteiger partial charge in [-0.1, -0.05) is 54.3 Å². The Bertz CT molecular complexity index is 580. The molecule has 0 aromatic heterocycles. The Morgan fingerprint density at radius 3 is 1.22 bits per heavy atom. The molecule has 0 radical (unpaired) electrons. The van der Waals surface area contributed by atoms with E-state index in [1.165, 1.54) is 12.1 Å². The van der Waals surface area contributed by atoms with E-state index < -0.39 is 10.7 Å². The summed E-state index contributed by atoms with van der Waals surface area (Å²) in [5, 5.41) is 3.64. The summed E-state index contributed by atoms with van der Waals surface area (Å²) in [7, 11) is 0. The third-order valence-corrected chi connectivity index (χ3v) is 2.60. The molecule has 2 rings (SSSR count). The van der Waals surface area contributed by atoms with Crippen LogP contribution in [0, 0.1) is 19.3 Å². The van der Waals surface area contributed by atoms with E-state index in [1.54, 1.807) is 50.2 Å². The summed E-state index contributed by atoms with van der Waals surface area (Å²) >= 11 is 0. The van der Waals surface area contributed by atoms with E-state index in [0.717, 1.165) is 6.08 Å². The molecule has 4 nitrogen and oxygen atoms in total. The number of carbonyl (C=O) groups excluding carboxylic acids is 1. The second-order valence-electron chi connectivity index (χ2n) is 4.14. The van der Waals surface area contributed by atoms with Crippen molar-refractivity contribution in [3.05, 3.63) is 59.7 Å². The fraction of sp³-hybridized carbons (Fsp3) is 0.133. The number of benzene rings is 2. The lowest BCUT2D eigenvalue weighted by Crippen LogP contribution is -1.97. The largest absolute Gasteiger partial charge is 0.231 e. The van der Waals surface area contributed by atoms with Gasteiger partial charge in [-0.05, 0) is 47.8 Å². The van der Waals surface area contributed by atoms with Crippen molar-refractivity contribution in [3.8, 4) is 0 Å². The van der Waals surface area contributed by atoms with Crippen LogP contribution in [0.15, 0.2) is 48.5 Å². The molecule has 0 saturated heterocycles. The van der Waals surface area contributed by atoms with E-state index in [0.29, 0.717) is 11.1 Å². The average molecular weight is 329 g/mol. The van der Waals surface area contributed by atoms with Gasteiger partial charge in [-0.25, -0.2) is 10.2 Å². The van der Waals surface area contributed by atoms with Gasteiger partial charge in [0.25, 0.3) is 0 Å². The highest BCUT2D eigenvalue weighted by atomic mass is 19.4. The van der Waals surface area contributed by atoms with Gasteiger partial charge in [0.2, 0.25) is 6.08 Å². The first-order valence-electron chi connectivity index (χ1n) is 6.23. The van der Waals surface area contributed by atoms with Gasteiger partial charge in [0, 0.05) is 0 Å². The second-order valence-corrected chi connectivity index (χ2v) is 4.14. The zero-order chi connectivity index (χ0) is 17.8. The minimum atomic E-state index is -0.880.